The number of para-hydroxylation sites is 1. The standard InChI is InChI=1S/C25H21ClF3N3O6S/c1-24(2,3)38-23(35)15-6-4-5-14(12-30-22(34)18-9-10-19(26)39-18)20(15)31-21(33)13-7-8-17(32(36)37)16(11-13)25(27,28)29/h4-11H,12H2,1-3H3,(H,30,34)(H,31,33). The van der Waals surface area contributed by atoms with Crippen molar-refractivity contribution in [3.8, 4) is 0 Å². The molecular weight excluding hydrogens is 563 g/mol. The topological polar surface area (TPSA) is 128 Å². The van der Waals surface area contributed by atoms with Gasteiger partial charge in [0.25, 0.3) is 17.5 Å². The number of carbonyl (C=O) groups is 3. The molecule has 1 aromatic heterocycles. The SMILES string of the molecule is CC(C)(C)OC(=O)c1cccc(CNC(=O)c2ccc(Cl)s2)c1NC(=O)c1ccc([N+](=O)[O-])c(C(F)(F)F)c1. The Morgan fingerprint density at radius 3 is 2.31 bits per heavy atom. The Morgan fingerprint density at radius 1 is 1.05 bits per heavy atom. The first-order valence-electron chi connectivity index (χ1n) is 11.1. The summed E-state index contributed by atoms with van der Waals surface area (Å²) in [5, 5.41) is 16.1. The van der Waals surface area contributed by atoms with E-state index in [2.05, 4.69) is 10.6 Å². The van der Waals surface area contributed by atoms with E-state index in [1.807, 2.05) is 0 Å². The van der Waals surface area contributed by atoms with Crippen LogP contribution in [0, 0.1) is 10.1 Å². The van der Waals surface area contributed by atoms with Crippen molar-refractivity contribution in [2.75, 3.05) is 5.32 Å². The smallest absolute Gasteiger partial charge is 0.423 e. The van der Waals surface area contributed by atoms with Gasteiger partial charge in [0.2, 0.25) is 0 Å². The normalized spacial score (nSPS) is 11.6. The molecule has 39 heavy (non-hydrogen) atoms. The number of rotatable bonds is 7. The molecule has 0 saturated carbocycles. The molecule has 0 aliphatic rings. The summed E-state index contributed by atoms with van der Waals surface area (Å²) < 4.78 is 46.1. The number of nitro benzene ring substituents is 1. The molecule has 0 bridgehead atoms. The lowest BCUT2D eigenvalue weighted by Gasteiger charge is -2.22. The molecule has 0 fully saturated rings. The van der Waals surface area contributed by atoms with Crippen molar-refractivity contribution >= 4 is 52.1 Å². The Labute approximate surface area is 229 Å². The van der Waals surface area contributed by atoms with Crippen LogP contribution in [0.3, 0.4) is 0 Å². The van der Waals surface area contributed by atoms with E-state index in [0.29, 0.717) is 21.3 Å². The van der Waals surface area contributed by atoms with Crippen LogP contribution in [0.2, 0.25) is 4.34 Å². The van der Waals surface area contributed by atoms with Crippen LogP contribution in [0.4, 0.5) is 24.5 Å². The third kappa shape index (κ3) is 7.54. The molecule has 0 saturated heterocycles. The molecule has 0 radical (unpaired) electrons. The molecule has 2 amide bonds. The predicted octanol–water partition coefficient (Wildman–Crippen LogP) is 6.47. The molecule has 1 heterocycles. The zero-order valence-electron chi connectivity index (χ0n) is 20.6. The number of nitro groups is 1. The molecule has 0 aliphatic heterocycles. The van der Waals surface area contributed by atoms with Gasteiger partial charge in [0, 0.05) is 18.2 Å². The Bertz CT molecular complexity index is 1450. The number of halogens is 4. The summed E-state index contributed by atoms with van der Waals surface area (Å²) in [5.74, 6) is -2.41. The lowest BCUT2D eigenvalue weighted by Crippen LogP contribution is -2.27. The maximum atomic E-state index is 13.4. The summed E-state index contributed by atoms with van der Waals surface area (Å²) in [7, 11) is 0. The predicted molar refractivity (Wildman–Crippen MR) is 138 cm³/mol. The van der Waals surface area contributed by atoms with E-state index < -0.39 is 51.3 Å². The molecule has 14 heteroatoms. The second-order valence-corrected chi connectivity index (χ2v) is 10.8. The van der Waals surface area contributed by atoms with Gasteiger partial charge in [-0.1, -0.05) is 23.7 Å². The molecule has 9 nitrogen and oxygen atoms in total. The highest BCUT2D eigenvalue weighted by molar-refractivity contribution is 7.18. The Balaban J connectivity index is 2.00. The van der Waals surface area contributed by atoms with Crippen LogP contribution in [0.25, 0.3) is 0 Å². The maximum absolute atomic E-state index is 13.4. The van der Waals surface area contributed by atoms with Crippen molar-refractivity contribution in [3.05, 3.63) is 90.1 Å². The average molecular weight is 584 g/mol. The number of hydrogen-bond acceptors (Lipinski definition) is 7. The lowest BCUT2D eigenvalue weighted by atomic mass is 10.0. The lowest BCUT2D eigenvalue weighted by molar-refractivity contribution is -0.388. The minimum absolute atomic E-state index is 0.117. The van der Waals surface area contributed by atoms with Gasteiger partial charge < -0.3 is 15.4 Å². The van der Waals surface area contributed by atoms with E-state index in [1.165, 1.54) is 30.3 Å². The quantitative estimate of drug-likeness (QED) is 0.186. The van der Waals surface area contributed by atoms with E-state index in [1.54, 1.807) is 20.8 Å². The minimum atomic E-state index is -5.10. The Morgan fingerprint density at radius 2 is 1.74 bits per heavy atom. The summed E-state index contributed by atoms with van der Waals surface area (Å²) in [5.41, 5.74) is -4.29. The fraction of sp³-hybridized carbons (Fsp3) is 0.240. The molecule has 0 unspecified atom stereocenters. The van der Waals surface area contributed by atoms with Crippen LogP contribution in [0.5, 0.6) is 0 Å². The maximum Gasteiger partial charge on any atom is 0.423 e. The summed E-state index contributed by atoms with van der Waals surface area (Å²) in [6.45, 7) is 4.67. The first-order valence-corrected chi connectivity index (χ1v) is 12.3. The fourth-order valence-corrected chi connectivity index (χ4v) is 4.31. The number of alkyl halides is 3. The van der Waals surface area contributed by atoms with Crippen LogP contribution in [-0.2, 0) is 17.5 Å². The van der Waals surface area contributed by atoms with Gasteiger partial charge in [-0.15, -0.1) is 11.3 Å². The van der Waals surface area contributed by atoms with Crippen LogP contribution >= 0.6 is 22.9 Å². The second-order valence-electron chi connectivity index (χ2n) is 9.07. The van der Waals surface area contributed by atoms with Gasteiger partial charge in [-0.25, -0.2) is 4.79 Å². The third-order valence-electron chi connectivity index (χ3n) is 5.01. The molecule has 3 rings (SSSR count). The Kier molecular flexibility index (Phi) is 8.66. The number of nitrogens with one attached hydrogen (secondary N) is 2. The van der Waals surface area contributed by atoms with Crippen molar-refractivity contribution in [1.82, 2.24) is 5.32 Å². The monoisotopic (exact) mass is 583 g/mol. The van der Waals surface area contributed by atoms with Gasteiger partial charge in [-0.05, 0) is 56.7 Å². The van der Waals surface area contributed by atoms with Gasteiger partial charge in [0.05, 0.1) is 25.4 Å². The summed E-state index contributed by atoms with van der Waals surface area (Å²) >= 11 is 6.90. The number of esters is 1. The second kappa shape index (κ2) is 11.4. The number of carbonyl (C=O) groups excluding carboxylic acids is 3. The van der Waals surface area contributed by atoms with E-state index in [4.69, 9.17) is 16.3 Å². The van der Waals surface area contributed by atoms with Crippen molar-refractivity contribution < 1.29 is 37.2 Å². The fourth-order valence-electron chi connectivity index (χ4n) is 3.35. The van der Waals surface area contributed by atoms with Gasteiger partial charge in [-0.3, -0.25) is 19.7 Å². The van der Waals surface area contributed by atoms with Gasteiger partial charge in [0.15, 0.2) is 0 Å². The number of ether oxygens (including phenoxy) is 1. The molecule has 0 spiro atoms. The summed E-state index contributed by atoms with van der Waals surface area (Å²) in [6.07, 6.45) is -5.10. The molecule has 3 aromatic rings. The van der Waals surface area contributed by atoms with Crippen molar-refractivity contribution in [2.24, 2.45) is 0 Å². The van der Waals surface area contributed by atoms with Gasteiger partial charge in [-0.2, -0.15) is 13.2 Å². The van der Waals surface area contributed by atoms with Crippen molar-refractivity contribution in [3.63, 3.8) is 0 Å². The summed E-state index contributed by atoms with van der Waals surface area (Å²) in [6, 6.07) is 9.14. The average Bonchev–Trinajstić information content (AvgIpc) is 3.27. The highest BCUT2D eigenvalue weighted by atomic mass is 35.5. The van der Waals surface area contributed by atoms with Gasteiger partial charge >= 0.3 is 12.1 Å². The van der Waals surface area contributed by atoms with E-state index in [9.17, 15) is 37.7 Å². The van der Waals surface area contributed by atoms with Crippen LogP contribution in [0.15, 0.2) is 48.5 Å². The molecule has 206 valence electrons. The molecule has 0 aliphatic carbocycles. The van der Waals surface area contributed by atoms with Gasteiger partial charge in [0.1, 0.15) is 11.2 Å². The number of nitrogens with zero attached hydrogens (tertiary/aromatic N) is 1. The number of thiophene rings is 1. The van der Waals surface area contributed by atoms with Crippen LogP contribution in [0.1, 0.15) is 62.3 Å². The van der Waals surface area contributed by atoms with Crippen LogP contribution < -0.4 is 10.6 Å². The molecule has 0 atom stereocenters. The van der Waals surface area contributed by atoms with Crippen molar-refractivity contribution in [2.45, 2.75) is 39.1 Å². The highest BCUT2D eigenvalue weighted by Gasteiger charge is 2.39. The number of hydrogen-bond donors (Lipinski definition) is 2. The first-order chi connectivity index (χ1) is 18.1. The number of anilines is 1. The third-order valence-corrected chi connectivity index (χ3v) is 6.24. The molecule has 2 N–H and O–H groups in total. The molecule has 2 aromatic carbocycles. The van der Waals surface area contributed by atoms with Crippen molar-refractivity contribution in [1.29, 1.82) is 0 Å². The Hall–Kier alpha value is -3.97. The highest BCUT2D eigenvalue weighted by Crippen LogP contribution is 2.37. The number of amides is 2. The summed E-state index contributed by atoms with van der Waals surface area (Å²) in [4.78, 5) is 48.6. The molecular formula is C25H21ClF3N3O6S. The first kappa shape index (κ1) is 29.6. The van der Waals surface area contributed by atoms with Crippen LogP contribution in [-0.4, -0.2) is 28.3 Å². The zero-order valence-corrected chi connectivity index (χ0v) is 22.2. The van der Waals surface area contributed by atoms with E-state index in [0.717, 1.165) is 17.4 Å². The van der Waals surface area contributed by atoms with E-state index >= 15 is 0 Å². The minimum Gasteiger partial charge on any atom is -0.456 e. The number of benzene rings is 2. The largest absolute Gasteiger partial charge is 0.456 e. The van der Waals surface area contributed by atoms with E-state index in [-0.39, 0.29) is 23.4 Å². The zero-order chi connectivity index (χ0) is 29.1.